The number of thiophene rings is 1. The molecule has 1 aromatic heterocycles. The highest BCUT2D eigenvalue weighted by Gasteiger charge is 2.18. The molecule has 1 amide bonds. The molecule has 1 aliphatic heterocycles. The third-order valence-electron chi connectivity index (χ3n) is 7.05. The van der Waals surface area contributed by atoms with Crippen LogP contribution in [0.3, 0.4) is 0 Å². The molecular formula is C30H33N3O4S. The van der Waals surface area contributed by atoms with Crippen LogP contribution in [0.15, 0.2) is 60.7 Å². The maximum absolute atomic E-state index is 12.0. The van der Waals surface area contributed by atoms with Crippen molar-refractivity contribution in [2.75, 3.05) is 32.1 Å². The largest absolute Gasteiger partial charge is 0.508 e. The highest BCUT2D eigenvalue weighted by Crippen LogP contribution is 2.41. The molecule has 8 heteroatoms. The molecule has 2 heterocycles. The minimum atomic E-state index is -0.963. The summed E-state index contributed by atoms with van der Waals surface area (Å²) in [4.78, 5) is 15.6. The van der Waals surface area contributed by atoms with Crippen LogP contribution in [0.25, 0.3) is 20.5 Å². The average Bonchev–Trinajstić information content (AvgIpc) is 3.57. The molecule has 0 spiro atoms. The van der Waals surface area contributed by atoms with Crippen molar-refractivity contribution in [3.8, 4) is 21.9 Å². The van der Waals surface area contributed by atoms with Crippen LogP contribution in [0.5, 0.6) is 11.5 Å². The predicted molar refractivity (Wildman–Crippen MR) is 153 cm³/mol. The van der Waals surface area contributed by atoms with Gasteiger partial charge in [-0.05, 0) is 90.8 Å². The number of ether oxygens (including phenoxy) is 1. The summed E-state index contributed by atoms with van der Waals surface area (Å²) in [6.45, 7) is 2.77. The lowest BCUT2D eigenvalue weighted by Crippen LogP contribution is -2.38. The Hall–Kier alpha value is -3.43. The fraction of sp³-hybridized carbons (Fsp3) is 0.300. The minimum absolute atomic E-state index is 0.239. The topological polar surface area (TPSA) is 108 Å². The van der Waals surface area contributed by atoms with Crippen LogP contribution >= 0.6 is 11.3 Å². The normalized spacial score (nSPS) is 14.6. The van der Waals surface area contributed by atoms with Gasteiger partial charge >= 0.3 is 0 Å². The number of benzene rings is 3. The highest BCUT2D eigenvalue weighted by atomic mass is 32.1. The summed E-state index contributed by atoms with van der Waals surface area (Å²) in [5.74, 6) is 0.720. The lowest BCUT2D eigenvalue weighted by molar-refractivity contribution is -0.118. The maximum atomic E-state index is 12.0. The summed E-state index contributed by atoms with van der Waals surface area (Å²) in [5.41, 5.74) is 10.8. The van der Waals surface area contributed by atoms with Crippen molar-refractivity contribution in [3.05, 3.63) is 77.4 Å². The van der Waals surface area contributed by atoms with E-state index >= 15 is 0 Å². The monoisotopic (exact) mass is 531 g/mol. The number of carbonyl (C=O) groups excluding carboxylic acids is 1. The summed E-state index contributed by atoms with van der Waals surface area (Å²) >= 11 is 1.63. The van der Waals surface area contributed by atoms with Gasteiger partial charge in [0, 0.05) is 27.4 Å². The van der Waals surface area contributed by atoms with E-state index in [1.165, 1.54) is 24.0 Å². The number of nitrogens with zero attached hydrogens (tertiary/aromatic N) is 1. The standard InChI is InChI=1S/C30H33N3O4S/c1-37-27-15-19(4-5-21(27)17-33-12-2-3-13-33)14-25-24-11-10-23(35)16-28(24)38-29(25)20-6-8-22(9-7-20)32-30(36)26(31)18-34/h4-11,15-16,26,34-35H,2-3,12-14,17-18,31H2,1H3,(H,32,36)/t26-/m0/s1. The second-order valence-electron chi connectivity index (χ2n) is 9.75. The first-order valence-corrected chi connectivity index (χ1v) is 13.7. The van der Waals surface area contributed by atoms with Gasteiger partial charge in [0.15, 0.2) is 0 Å². The fourth-order valence-corrected chi connectivity index (χ4v) is 6.25. The van der Waals surface area contributed by atoms with Crippen LogP contribution in [0.2, 0.25) is 0 Å². The first kappa shape index (κ1) is 26.2. The highest BCUT2D eigenvalue weighted by molar-refractivity contribution is 7.22. The SMILES string of the molecule is COc1cc(Cc2c(-c3ccc(NC(=O)[C@@H](N)CO)cc3)sc3cc(O)ccc23)ccc1CN1CCCC1. The molecule has 0 unspecified atom stereocenters. The quantitative estimate of drug-likeness (QED) is 0.249. The molecular weight excluding hydrogens is 498 g/mol. The molecule has 7 nitrogen and oxygen atoms in total. The Morgan fingerprint density at radius 3 is 2.58 bits per heavy atom. The van der Waals surface area contributed by atoms with Crippen LogP contribution in [-0.2, 0) is 17.8 Å². The number of anilines is 1. The van der Waals surface area contributed by atoms with Crippen LogP contribution in [0, 0.1) is 0 Å². The summed E-state index contributed by atoms with van der Waals surface area (Å²) in [6.07, 6.45) is 3.23. The van der Waals surface area contributed by atoms with E-state index in [0.29, 0.717) is 12.1 Å². The Labute approximate surface area is 226 Å². The van der Waals surface area contributed by atoms with Gasteiger partial charge in [-0.3, -0.25) is 9.69 Å². The first-order chi connectivity index (χ1) is 18.4. The van der Waals surface area contributed by atoms with E-state index in [1.54, 1.807) is 30.6 Å². The van der Waals surface area contributed by atoms with Crippen molar-refractivity contribution in [1.29, 1.82) is 0 Å². The van der Waals surface area contributed by atoms with Gasteiger partial charge in [-0.2, -0.15) is 0 Å². The van der Waals surface area contributed by atoms with E-state index in [4.69, 9.17) is 15.6 Å². The molecule has 4 aromatic rings. The van der Waals surface area contributed by atoms with E-state index in [0.717, 1.165) is 51.5 Å². The third kappa shape index (κ3) is 5.68. The van der Waals surface area contributed by atoms with Crippen LogP contribution in [0.4, 0.5) is 5.69 Å². The Balaban J connectivity index is 1.46. The number of aliphatic hydroxyl groups is 1. The Morgan fingerprint density at radius 2 is 1.87 bits per heavy atom. The zero-order valence-corrected chi connectivity index (χ0v) is 22.3. The molecule has 3 aromatic carbocycles. The first-order valence-electron chi connectivity index (χ1n) is 12.9. The van der Waals surface area contributed by atoms with Gasteiger partial charge in [0.1, 0.15) is 17.5 Å². The van der Waals surface area contributed by atoms with Gasteiger partial charge in [-0.1, -0.05) is 24.3 Å². The zero-order chi connectivity index (χ0) is 26.6. The van der Waals surface area contributed by atoms with Crippen molar-refractivity contribution >= 4 is 33.0 Å². The number of nitrogens with two attached hydrogens (primary N) is 1. The lowest BCUT2D eigenvalue weighted by atomic mass is 9.97. The molecule has 1 fully saturated rings. The Kier molecular flexibility index (Phi) is 7.95. The number of aromatic hydroxyl groups is 1. The number of phenolic OH excluding ortho intramolecular Hbond substituents is 1. The number of fused-ring (bicyclic) bond motifs is 1. The summed E-state index contributed by atoms with van der Waals surface area (Å²) in [6, 6.07) is 18.6. The van der Waals surface area contributed by atoms with Gasteiger partial charge in [0.25, 0.3) is 0 Å². The maximum Gasteiger partial charge on any atom is 0.243 e. The number of methoxy groups -OCH3 is 1. The molecule has 198 valence electrons. The predicted octanol–water partition coefficient (Wildman–Crippen LogP) is 4.73. The number of nitrogens with one attached hydrogen (secondary N) is 1. The van der Waals surface area contributed by atoms with Crippen molar-refractivity contribution in [2.24, 2.45) is 5.73 Å². The van der Waals surface area contributed by atoms with Gasteiger partial charge in [0.2, 0.25) is 5.91 Å². The molecule has 0 bridgehead atoms. The van der Waals surface area contributed by atoms with E-state index in [1.807, 2.05) is 30.3 Å². The molecule has 1 atom stereocenters. The second-order valence-corrected chi connectivity index (χ2v) is 10.8. The van der Waals surface area contributed by atoms with Crippen LogP contribution in [-0.4, -0.2) is 53.9 Å². The van der Waals surface area contributed by atoms with Gasteiger partial charge in [-0.25, -0.2) is 0 Å². The van der Waals surface area contributed by atoms with Crippen molar-refractivity contribution < 1.29 is 19.7 Å². The summed E-state index contributed by atoms with van der Waals surface area (Å²) < 4.78 is 6.80. The zero-order valence-electron chi connectivity index (χ0n) is 21.4. The molecule has 5 rings (SSSR count). The number of hydrogen-bond donors (Lipinski definition) is 4. The average molecular weight is 532 g/mol. The number of aliphatic hydroxyl groups excluding tert-OH is 1. The molecule has 1 aliphatic rings. The molecule has 5 N–H and O–H groups in total. The van der Waals surface area contributed by atoms with Crippen molar-refractivity contribution in [3.63, 3.8) is 0 Å². The van der Waals surface area contributed by atoms with Gasteiger partial charge in [-0.15, -0.1) is 11.3 Å². The minimum Gasteiger partial charge on any atom is -0.508 e. The summed E-state index contributed by atoms with van der Waals surface area (Å²) in [7, 11) is 1.73. The van der Waals surface area contributed by atoms with E-state index in [-0.39, 0.29) is 5.75 Å². The van der Waals surface area contributed by atoms with E-state index in [9.17, 15) is 9.90 Å². The van der Waals surface area contributed by atoms with Gasteiger partial charge < -0.3 is 26.0 Å². The van der Waals surface area contributed by atoms with Crippen molar-refractivity contribution in [1.82, 2.24) is 4.90 Å². The fourth-order valence-electron chi connectivity index (χ4n) is 4.99. The lowest BCUT2D eigenvalue weighted by Gasteiger charge is -2.18. The van der Waals surface area contributed by atoms with Crippen LogP contribution in [0.1, 0.15) is 29.5 Å². The Morgan fingerprint density at radius 1 is 1.11 bits per heavy atom. The van der Waals surface area contributed by atoms with E-state index < -0.39 is 18.6 Å². The number of carbonyl (C=O) groups is 1. The second kappa shape index (κ2) is 11.5. The number of hydrogen-bond acceptors (Lipinski definition) is 7. The number of likely N-dealkylation sites (tertiary alicyclic amines) is 1. The molecule has 1 saturated heterocycles. The van der Waals surface area contributed by atoms with Gasteiger partial charge in [0.05, 0.1) is 13.7 Å². The molecule has 0 radical (unpaired) electrons. The summed E-state index contributed by atoms with van der Waals surface area (Å²) in [5, 5.41) is 23.1. The third-order valence-corrected chi connectivity index (χ3v) is 8.29. The number of rotatable bonds is 9. The molecule has 38 heavy (non-hydrogen) atoms. The number of amides is 1. The molecule has 0 aliphatic carbocycles. The molecule has 0 saturated carbocycles. The Bertz CT molecular complexity index is 1430. The smallest absolute Gasteiger partial charge is 0.243 e. The van der Waals surface area contributed by atoms with E-state index in [2.05, 4.69) is 28.4 Å². The van der Waals surface area contributed by atoms with Crippen molar-refractivity contribution in [2.45, 2.75) is 31.8 Å². The number of phenols is 1. The van der Waals surface area contributed by atoms with Crippen LogP contribution < -0.4 is 15.8 Å².